The first-order valence-electron chi connectivity index (χ1n) is 9.80. The van der Waals surface area contributed by atoms with Crippen molar-refractivity contribution in [3.05, 3.63) is 120 Å². The third-order valence-electron chi connectivity index (χ3n) is 5.34. The lowest BCUT2D eigenvalue weighted by Crippen LogP contribution is -1.98. The van der Waals surface area contributed by atoms with Crippen LogP contribution in [-0.4, -0.2) is 0 Å². The van der Waals surface area contributed by atoms with Gasteiger partial charge in [0.05, 0.1) is 0 Å². The monoisotopic (exact) mass is 384 g/mol. The normalized spacial score (nSPS) is 12.0. The summed E-state index contributed by atoms with van der Waals surface area (Å²) < 4.78 is 26.6. The van der Waals surface area contributed by atoms with E-state index in [-0.39, 0.29) is 0 Å². The van der Waals surface area contributed by atoms with Gasteiger partial charge in [-0.25, -0.2) is 8.78 Å². The van der Waals surface area contributed by atoms with Gasteiger partial charge in [0.2, 0.25) is 0 Å². The molecule has 144 valence electrons. The van der Waals surface area contributed by atoms with E-state index in [0.29, 0.717) is 11.5 Å². The van der Waals surface area contributed by atoms with Crippen LogP contribution in [0.4, 0.5) is 8.78 Å². The molecule has 0 aliphatic rings. The second kappa shape index (κ2) is 8.40. The lowest BCUT2D eigenvalue weighted by atomic mass is 9.92. The second-order valence-corrected chi connectivity index (χ2v) is 7.42. The highest BCUT2D eigenvalue weighted by molar-refractivity contribution is 5.70. The minimum atomic E-state index is -0.827. The molecular formula is C27H22F2. The zero-order chi connectivity index (χ0) is 20.2. The predicted octanol–water partition coefficient (Wildman–Crippen LogP) is 7.65. The van der Waals surface area contributed by atoms with Gasteiger partial charge in [-0.3, -0.25) is 0 Å². The number of benzene rings is 4. The lowest BCUT2D eigenvalue weighted by molar-refractivity contribution is 0.509. The first-order chi connectivity index (χ1) is 14.1. The summed E-state index contributed by atoms with van der Waals surface area (Å²) in [6.07, 6.45) is 0.999. The van der Waals surface area contributed by atoms with Crippen LogP contribution in [-0.2, 0) is 6.42 Å². The fourth-order valence-electron chi connectivity index (χ4n) is 3.62. The average molecular weight is 384 g/mol. The first kappa shape index (κ1) is 19.1. The molecule has 0 amide bonds. The van der Waals surface area contributed by atoms with Gasteiger partial charge >= 0.3 is 0 Å². The summed E-state index contributed by atoms with van der Waals surface area (Å²) in [6.45, 7) is 2.25. The van der Waals surface area contributed by atoms with Gasteiger partial charge in [0, 0.05) is 0 Å². The van der Waals surface area contributed by atoms with Gasteiger partial charge in [-0.15, -0.1) is 0 Å². The molecule has 0 radical (unpaired) electrons. The smallest absolute Gasteiger partial charge is 0.159 e. The van der Waals surface area contributed by atoms with Crippen LogP contribution in [0.2, 0.25) is 0 Å². The van der Waals surface area contributed by atoms with E-state index in [1.165, 1.54) is 17.2 Å². The number of rotatable bonds is 5. The fourth-order valence-corrected chi connectivity index (χ4v) is 3.62. The maximum Gasteiger partial charge on any atom is 0.159 e. The summed E-state index contributed by atoms with van der Waals surface area (Å²) in [5.74, 6) is -1.18. The van der Waals surface area contributed by atoms with Crippen LogP contribution in [0.15, 0.2) is 97.1 Å². The standard InChI is InChI=1S/C27H22F2/c1-19(21-5-3-2-4-6-21)17-20-7-9-22(10-8-20)23-11-13-24(14-12-23)25-15-16-26(28)27(29)18-25/h2-16,18-19H,17H2,1H3. The Morgan fingerprint density at radius 1 is 0.586 bits per heavy atom. The van der Waals surface area contributed by atoms with Crippen molar-refractivity contribution in [3.8, 4) is 22.3 Å². The van der Waals surface area contributed by atoms with Gasteiger partial charge in [0.1, 0.15) is 0 Å². The SMILES string of the molecule is CC(Cc1ccc(-c2ccc(-c3ccc(F)c(F)c3)cc2)cc1)c1ccccc1. The molecule has 0 spiro atoms. The van der Waals surface area contributed by atoms with Crippen LogP contribution in [0.1, 0.15) is 24.0 Å². The van der Waals surface area contributed by atoms with Gasteiger partial charge in [-0.2, -0.15) is 0 Å². The molecule has 0 nitrogen and oxygen atoms in total. The van der Waals surface area contributed by atoms with E-state index in [1.807, 2.05) is 30.3 Å². The van der Waals surface area contributed by atoms with Crippen molar-refractivity contribution in [2.24, 2.45) is 0 Å². The molecule has 0 N–H and O–H groups in total. The molecule has 0 heterocycles. The third kappa shape index (κ3) is 4.43. The molecular weight excluding hydrogens is 362 g/mol. The van der Waals surface area contributed by atoms with Crippen LogP contribution in [0, 0.1) is 11.6 Å². The molecule has 4 aromatic rings. The van der Waals surface area contributed by atoms with Crippen molar-refractivity contribution >= 4 is 0 Å². The average Bonchev–Trinajstić information content (AvgIpc) is 2.77. The molecule has 0 aliphatic carbocycles. The molecule has 0 fully saturated rings. The highest BCUT2D eigenvalue weighted by Gasteiger charge is 2.08. The Hall–Kier alpha value is -3.26. The highest BCUT2D eigenvalue weighted by Crippen LogP contribution is 2.27. The number of halogens is 2. The minimum Gasteiger partial charge on any atom is -0.204 e. The predicted molar refractivity (Wildman–Crippen MR) is 116 cm³/mol. The van der Waals surface area contributed by atoms with Crippen molar-refractivity contribution in [1.82, 2.24) is 0 Å². The van der Waals surface area contributed by atoms with Crippen LogP contribution >= 0.6 is 0 Å². The Morgan fingerprint density at radius 3 is 1.69 bits per heavy atom. The molecule has 0 bridgehead atoms. The maximum absolute atomic E-state index is 13.5. The molecule has 2 heteroatoms. The summed E-state index contributed by atoms with van der Waals surface area (Å²) in [4.78, 5) is 0. The lowest BCUT2D eigenvalue weighted by Gasteiger charge is -2.12. The Kier molecular flexibility index (Phi) is 5.53. The van der Waals surface area contributed by atoms with Crippen LogP contribution in [0.3, 0.4) is 0 Å². The summed E-state index contributed by atoms with van der Waals surface area (Å²) >= 11 is 0. The summed E-state index contributed by atoms with van der Waals surface area (Å²) in [5.41, 5.74) is 6.42. The molecule has 1 unspecified atom stereocenters. The van der Waals surface area contributed by atoms with Gasteiger partial charge in [-0.05, 0) is 57.9 Å². The van der Waals surface area contributed by atoms with Crippen molar-refractivity contribution < 1.29 is 8.78 Å². The van der Waals surface area contributed by atoms with Crippen LogP contribution in [0.25, 0.3) is 22.3 Å². The molecule has 0 saturated carbocycles. The zero-order valence-corrected chi connectivity index (χ0v) is 16.3. The topological polar surface area (TPSA) is 0 Å². The highest BCUT2D eigenvalue weighted by atomic mass is 19.2. The zero-order valence-electron chi connectivity index (χ0n) is 16.3. The second-order valence-electron chi connectivity index (χ2n) is 7.42. The number of hydrogen-bond donors (Lipinski definition) is 0. The molecule has 0 aliphatic heterocycles. The van der Waals surface area contributed by atoms with E-state index in [2.05, 4.69) is 55.5 Å². The summed E-state index contributed by atoms with van der Waals surface area (Å²) in [6, 6.07) is 31.1. The minimum absolute atomic E-state index is 0.470. The first-order valence-corrected chi connectivity index (χ1v) is 9.80. The molecule has 0 saturated heterocycles. The van der Waals surface area contributed by atoms with Crippen LogP contribution in [0.5, 0.6) is 0 Å². The van der Waals surface area contributed by atoms with Crippen LogP contribution < -0.4 is 0 Å². The molecule has 0 aromatic heterocycles. The van der Waals surface area contributed by atoms with E-state index < -0.39 is 11.6 Å². The fraction of sp³-hybridized carbons (Fsp3) is 0.111. The van der Waals surface area contributed by atoms with E-state index in [0.717, 1.165) is 29.2 Å². The summed E-state index contributed by atoms with van der Waals surface area (Å²) in [5, 5.41) is 0. The van der Waals surface area contributed by atoms with Crippen molar-refractivity contribution in [2.75, 3.05) is 0 Å². The van der Waals surface area contributed by atoms with Gasteiger partial charge in [0.25, 0.3) is 0 Å². The Bertz CT molecular complexity index is 1080. The molecule has 29 heavy (non-hydrogen) atoms. The summed E-state index contributed by atoms with van der Waals surface area (Å²) in [7, 11) is 0. The quantitative estimate of drug-likeness (QED) is 0.331. The Morgan fingerprint density at radius 2 is 1.10 bits per heavy atom. The Balaban J connectivity index is 1.48. The van der Waals surface area contributed by atoms with Gasteiger partial charge in [0.15, 0.2) is 11.6 Å². The van der Waals surface area contributed by atoms with E-state index >= 15 is 0 Å². The maximum atomic E-state index is 13.5. The van der Waals surface area contributed by atoms with Gasteiger partial charge < -0.3 is 0 Å². The van der Waals surface area contributed by atoms with E-state index in [9.17, 15) is 8.78 Å². The van der Waals surface area contributed by atoms with Crippen molar-refractivity contribution in [2.45, 2.75) is 19.3 Å². The Labute approximate surface area is 170 Å². The van der Waals surface area contributed by atoms with Gasteiger partial charge in [-0.1, -0.05) is 91.9 Å². The number of hydrogen-bond acceptors (Lipinski definition) is 0. The van der Waals surface area contributed by atoms with E-state index in [4.69, 9.17) is 0 Å². The molecule has 1 atom stereocenters. The third-order valence-corrected chi connectivity index (χ3v) is 5.34. The van der Waals surface area contributed by atoms with Crippen molar-refractivity contribution in [1.29, 1.82) is 0 Å². The van der Waals surface area contributed by atoms with Crippen molar-refractivity contribution in [3.63, 3.8) is 0 Å². The molecule has 4 rings (SSSR count). The molecule has 4 aromatic carbocycles. The van der Waals surface area contributed by atoms with E-state index in [1.54, 1.807) is 6.07 Å². The largest absolute Gasteiger partial charge is 0.204 e.